The molecule has 4 rings (SSSR count). The van der Waals surface area contributed by atoms with Crippen molar-refractivity contribution in [3.63, 3.8) is 0 Å². The molecule has 2 aromatic carbocycles. The second-order valence-corrected chi connectivity index (χ2v) is 6.12. The monoisotopic (exact) mass is 322 g/mol. The lowest BCUT2D eigenvalue weighted by Crippen LogP contribution is -2.23. The van der Waals surface area contributed by atoms with Crippen molar-refractivity contribution in [1.29, 1.82) is 0 Å². The van der Waals surface area contributed by atoms with Gasteiger partial charge in [-0.2, -0.15) is 0 Å². The molecule has 0 N–H and O–H groups in total. The Balaban J connectivity index is 1.76. The quantitative estimate of drug-likeness (QED) is 0.697. The minimum atomic E-state index is -0.225. The summed E-state index contributed by atoms with van der Waals surface area (Å²) in [6.07, 6.45) is 3.97. The molecule has 3 aromatic rings. The molecule has 0 aliphatic carbocycles. The van der Waals surface area contributed by atoms with Crippen LogP contribution in [0.25, 0.3) is 10.8 Å². The van der Waals surface area contributed by atoms with Crippen molar-refractivity contribution in [2.24, 2.45) is 0 Å². The van der Waals surface area contributed by atoms with Crippen LogP contribution in [0.4, 0.5) is 10.2 Å². The van der Waals surface area contributed by atoms with Gasteiger partial charge in [0.1, 0.15) is 17.4 Å². The lowest BCUT2D eigenvalue weighted by atomic mass is 10.0. The van der Waals surface area contributed by atoms with Crippen molar-refractivity contribution in [2.45, 2.75) is 18.9 Å². The molecular formula is C20H19FN2O. The molecule has 1 aliphatic rings. The van der Waals surface area contributed by atoms with E-state index in [0.29, 0.717) is 0 Å². The fourth-order valence-corrected chi connectivity index (χ4v) is 3.55. The Morgan fingerprint density at radius 1 is 1.12 bits per heavy atom. The molecule has 1 fully saturated rings. The van der Waals surface area contributed by atoms with Gasteiger partial charge in [-0.1, -0.05) is 18.2 Å². The van der Waals surface area contributed by atoms with E-state index >= 15 is 0 Å². The minimum Gasteiger partial charge on any atom is -0.497 e. The average Bonchev–Trinajstić information content (AvgIpc) is 3.10. The Morgan fingerprint density at radius 2 is 1.96 bits per heavy atom. The van der Waals surface area contributed by atoms with Crippen molar-refractivity contribution in [3.8, 4) is 5.75 Å². The summed E-state index contributed by atoms with van der Waals surface area (Å²) in [4.78, 5) is 6.87. The first-order valence-electron chi connectivity index (χ1n) is 8.21. The van der Waals surface area contributed by atoms with E-state index in [1.807, 2.05) is 24.3 Å². The molecule has 1 atom stereocenters. The van der Waals surface area contributed by atoms with Gasteiger partial charge in [0.2, 0.25) is 0 Å². The lowest BCUT2D eigenvalue weighted by Gasteiger charge is -2.27. The summed E-state index contributed by atoms with van der Waals surface area (Å²) < 4.78 is 19.0. The zero-order valence-electron chi connectivity index (χ0n) is 13.6. The highest BCUT2D eigenvalue weighted by atomic mass is 19.1. The van der Waals surface area contributed by atoms with Crippen LogP contribution in [-0.4, -0.2) is 18.6 Å². The molecule has 0 unspecified atom stereocenters. The number of nitrogens with zero attached hydrogens (tertiary/aromatic N) is 2. The Bertz CT molecular complexity index is 863. The Kier molecular flexibility index (Phi) is 3.81. The number of ether oxygens (including phenoxy) is 1. The summed E-state index contributed by atoms with van der Waals surface area (Å²) in [6.45, 7) is 0.930. The van der Waals surface area contributed by atoms with Crippen LogP contribution in [0.1, 0.15) is 24.4 Å². The third kappa shape index (κ3) is 2.58. The normalized spacial score (nSPS) is 17.4. The Morgan fingerprint density at radius 3 is 2.75 bits per heavy atom. The Labute approximate surface area is 140 Å². The number of fused-ring (bicyclic) bond motifs is 1. The predicted octanol–water partition coefficient (Wildman–Crippen LogP) is 4.72. The number of rotatable bonds is 3. The molecule has 0 radical (unpaired) electrons. The van der Waals surface area contributed by atoms with Crippen LogP contribution in [0.2, 0.25) is 0 Å². The predicted molar refractivity (Wildman–Crippen MR) is 94.0 cm³/mol. The third-order valence-corrected chi connectivity index (χ3v) is 4.73. The van der Waals surface area contributed by atoms with Crippen LogP contribution in [0.5, 0.6) is 5.75 Å². The van der Waals surface area contributed by atoms with Gasteiger partial charge in [-0.25, -0.2) is 9.37 Å². The molecule has 24 heavy (non-hydrogen) atoms. The summed E-state index contributed by atoms with van der Waals surface area (Å²) >= 11 is 0. The van der Waals surface area contributed by atoms with Crippen molar-refractivity contribution in [3.05, 3.63) is 66.1 Å². The van der Waals surface area contributed by atoms with E-state index in [2.05, 4.69) is 22.0 Å². The number of anilines is 1. The van der Waals surface area contributed by atoms with E-state index in [1.165, 1.54) is 11.6 Å². The summed E-state index contributed by atoms with van der Waals surface area (Å²) in [7, 11) is 1.67. The summed E-state index contributed by atoms with van der Waals surface area (Å²) in [5.41, 5.74) is 1.24. The van der Waals surface area contributed by atoms with E-state index in [1.54, 1.807) is 19.4 Å². The Hall–Kier alpha value is -2.62. The average molecular weight is 322 g/mol. The molecule has 1 saturated heterocycles. The third-order valence-electron chi connectivity index (χ3n) is 4.73. The maximum absolute atomic E-state index is 13.7. The van der Waals surface area contributed by atoms with Crippen molar-refractivity contribution in [1.82, 2.24) is 4.98 Å². The number of methoxy groups -OCH3 is 1. The van der Waals surface area contributed by atoms with Crippen LogP contribution in [0.3, 0.4) is 0 Å². The van der Waals surface area contributed by atoms with Gasteiger partial charge in [0.15, 0.2) is 0 Å². The summed E-state index contributed by atoms with van der Waals surface area (Å²) in [5.74, 6) is 1.50. The number of benzene rings is 2. The minimum absolute atomic E-state index is 0.225. The van der Waals surface area contributed by atoms with E-state index in [9.17, 15) is 4.39 Å². The van der Waals surface area contributed by atoms with Gasteiger partial charge in [0.05, 0.1) is 13.2 Å². The molecule has 1 aliphatic heterocycles. The maximum atomic E-state index is 13.7. The van der Waals surface area contributed by atoms with Crippen molar-refractivity contribution >= 4 is 16.6 Å². The van der Waals surface area contributed by atoms with Crippen molar-refractivity contribution in [2.75, 3.05) is 18.6 Å². The van der Waals surface area contributed by atoms with E-state index in [4.69, 9.17) is 4.74 Å². The molecule has 0 spiro atoms. The van der Waals surface area contributed by atoms with Gasteiger partial charge in [-0.15, -0.1) is 0 Å². The number of hydrogen-bond acceptors (Lipinski definition) is 3. The van der Waals surface area contributed by atoms with Crippen LogP contribution in [0.15, 0.2) is 54.7 Å². The van der Waals surface area contributed by atoms with Crippen LogP contribution < -0.4 is 9.64 Å². The van der Waals surface area contributed by atoms with Gasteiger partial charge in [-0.3, -0.25) is 0 Å². The SMILES string of the molecule is COc1ccc([C@@H]2CCCN2c2nccc3ccc(F)cc23)cc1. The second-order valence-electron chi connectivity index (χ2n) is 6.12. The summed E-state index contributed by atoms with van der Waals surface area (Å²) in [6, 6.07) is 15.3. The fraction of sp³-hybridized carbons (Fsp3) is 0.250. The molecule has 1 aromatic heterocycles. The van der Waals surface area contributed by atoms with Gasteiger partial charge in [0, 0.05) is 18.1 Å². The van der Waals surface area contributed by atoms with E-state index in [-0.39, 0.29) is 11.9 Å². The zero-order valence-corrected chi connectivity index (χ0v) is 13.6. The van der Waals surface area contributed by atoms with E-state index in [0.717, 1.165) is 41.7 Å². The number of pyridine rings is 1. The molecule has 3 nitrogen and oxygen atoms in total. The highest BCUT2D eigenvalue weighted by Crippen LogP contribution is 2.38. The highest BCUT2D eigenvalue weighted by Gasteiger charge is 2.28. The van der Waals surface area contributed by atoms with E-state index < -0.39 is 0 Å². The van der Waals surface area contributed by atoms with Crippen LogP contribution in [-0.2, 0) is 0 Å². The van der Waals surface area contributed by atoms with Crippen LogP contribution >= 0.6 is 0 Å². The number of hydrogen-bond donors (Lipinski definition) is 0. The first kappa shape index (κ1) is 14.9. The molecule has 2 heterocycles. The van der Waals surface area contributed by atoms with Gasteiger partial charge < -0.3 is 9.64 Å². The second kappa shape index (κ2) is 6.11. The smallest absolute Gasteiger partial charge is 0.137 e. The van der Waals surface area contributed by atoms with Gasteiger partial charge >= 0.3 is 0 Å². The molecule has 4 heteroatoms. The number of aromatic nitrogens is 1. The van der Waals surface area contributed by atoms with Gasteiger partial charge in [-0.05, 0) is 54.1 Å². The molecule has 122 valence electrons. The molecular weight excluding hydrogens is 303 g/mol. The summed E-state index contributed by atoms with van der Waals surface area (Å²) in [5, 5.41) is 1.89. The largest absolute Gasteiger partial charge is 0.497 e. The van der Waals surface area contributed by atoms with Crippen molar-refractivity contribution < 1.29 is 9.13 Å². The van der Waals surface area contributed by atoms with Crippen LogP contribution in [0, 0.1) is 5.82 Å². The topological polar surface area (TPSA) is 25.4 Å². The number of halogens is 1. The standard InChI is InChI=1S/C20H19FN2O/c1-24-17-8-5-15(6-9-17)19-3-2-12-23(19)20-18-13-16(21)7-4-14(18)10-11-22-20/h4-11,13,19H,2-3,12H2,1H3/t19-/m0/s1. The molecule has 0 saturated carbocycles. The maximum Gasteiger partial charge on any atom is 0.137 e. The fourth-order valence-electron chi connectivity index (χ4n) is 3.55. The lowest BCUT2D eigenvalue weighted by molar-refractivity contribution is 0.414. The first-order valence-corrected chi connectivity index (χ1v) is 8.21. The molecule has 0 bridgehead atoms. The zero-order chi connectivity index (χ0) is 16.5. The first-order chi connectivity index (χ1) is 11.8. The highest BCUT2D eigenvalue weighted by molar-refractivity contribution is 5.92. The molecule has 0 amide bonds. The van der Waals surface area contributed by atoms with Gasteiger partial charge in [0.25, 0.3) is 0 Å².